The van der Waals surface area contributed by atoms with Gasteiger partial charge in [-0.15, -0.1) is 0 Å². The Bertz CT molecular complexity index is 1280. The fourth-order valence-electron chi connectivity index (χ4n) is 3.41. The summed E-state index contributed by atoms with van der Waals surface area (Å²) in [6.45, 7) is 6.02. The van der Waals surface area contributed by atoms with Crippen molar-refractivity contribution in [3.8, 4) is 11.5 Å². The highest BCUT2D eigenvalue weighted by atomic mass is 32.1. The maximum absolute atomic E-state index is 12.5. The molecule has 0 spiro atoms. The van der Waals surface area contributed by atoms with Crippen LogP contribution >= 0.6 is 12.2 Å². The van der Waals surface area contributed by atoms with Gasteiger partial charge in [0.05, 0.1) is 0 Å². The molecule has 5 nitrogen and oxygen atoms in total. The van der Waals surface area contributed by atoms with E-state index >= 15 is 0 Å². The van der Waals surface area contributed by atoms with Gasteiger partial charge in [-0.2, -0.15) is 0 Å². The van der Waals surface area contributed by atoms with Gasteiger partial charge in [0, 0.05) is 16.8 Å². The van der Waals surface area contributed by atoms with Crippen molar-refractivity contribution in [3.63, 3.8) is 0 Å². The topological polar surface area (TPSA) is 67.2 Å². The number of rotatable bonds is 4. The lowest BCUT2D eigenvalue weighted by atomic mass is 10.1. The number of fused-ring (bicyclic) bond motifs is 1. The van der Waals surface area contributed by atoms with Crippen molar-refractivity contribution in [2.75, 3.05) is 5.32 Å². The second-order valence-electron chi connectivity index (χ2n) is 7.48. The molecule has 1 aromatic heterocycles. The van der Waals surface area contributed by atoms with Crippen molar-refractivity contribution in [3.05, 3.63) is 82.9 Å². The zero-order valence-electron chi connectivity index (χ0n) is 17.7. The average molecular weight is 430 g/mol. The first kappa shape index (κ1) is 20.8. The maximum atomic E-state index is 12.5. The van der Waals surface area contributed by atoms with Crippen molar-refractivity contribution in [1.29, 1.82) is 0 Å². The highest BCUT2D eigenvalue weighted by Gasteiger charge is 2.12. The number of aromatic nitrogens is 1. The number of hydrogen-bond acceptors (Lipinski definition) is 4. The number of oxazole rings is 1. The van der Waals surface area contributed by atoms with Crippen molar-refractivity contribution >= 4 is 40.0 Å². The molecule has 2 N–H and O–H groups in total. The summed E-state index contributed by atoms with van der Waals surface area (Å²) in [6, 6.07) is 19.3. The van der Waals surface area contributed by atoms with Gasteiger partial charge in [-0.25, -0.2) is 4.98 Å². The molecule has 0 aliphatic carbocycles. The van der Waals surface area contributed by atoms with E-state index in [4.69, 9.17) is 16.6 Å². The first-order valence-corrected chi connectivity index (χ1v) is 10.5. The van der Waals surface area contributed by atoms with Crippen LogP contribution in [0.3, 0.4) is 0 Å². The van der Waals surface area contributed by atoms with Gasteiger partial charge in [0.1, 0.15) is 5.52 Å². The SMILES string of the molecule is CCc1ccc2oc(-c3ccc(NC(=S)NC(=O)c4ccc(C)cc4C)cc3)nc2c1. The predicted molar refractivity (Wildman–Crippen MR) is 128 cm³/mol. The van der Waals surface area contributed by atoms with Gasteiger partial charge in [-0.3, -0.25) is 10.1 Å². The number of thiocarbonyl (C=S) groups is 1. The smallest absolute Gasteiger partial charge is 0.257 e. The number of hydrogen-bond donors (Lipinski definition) is 2. The molecular formula is C25H23N3O2S. The molecule has 3 aromatic carbocycles. The zero-order valence-corrected chi connectivity index (χ0v) is 18.5. The van der Waals surface area contributed by atoms with Gasteiger partial charge in [0.25, 0.3) is 5.91 Å². The van der Waals surface area contributed by atoms with Crippen LogP contribution < -0.4 is 10.6 Å². The van der Waals surface area contributed by atoms with Crippen LogP contribution in [0.25, 0.3) is 22.6 Å². The average Bonchev–Trinajstić information content (AvgIpc) is 3.17. The number of anilines is 1. The summed E-state index contributed by atoms with van der Waals surface area (Å²) >= 11 is 5.30. The number of nitrogens with one attached hydrogen (secondary N) is 2. The molecule has 4 rings (SSSR count). The van der Waals surface area contributed by atoms with Gasteiger partial charge >= 0.3 is 0 Å². The van der Waals surface area contributed by atoms with Crippen LogP contribution in [0.15, 0.2) is 65.1 Å². The van der Waals surface area contributed by atoms with Crippen LogP contribution in [-0.4, -0.2) is 16.0 Å². The molecule has 1 amide bonds. The lowest BCUT2D eigenvalue weighted by Crippen LogP contribution is -2.34. The summed E-state index contributed by atoms with van der Waals surface area (Å²) in [7, 11) is 0. The minimum absolute atomic E-state index is 0.232. The Morgan fingerprint density at radius 1 is 1.03 bits per heavy atom. The predicted octanol–water partition coefficient (Wildman–Crippen LogP) is 5.80. The van der Waals surface area contributed by atoms with Crippen LogP contribution in [0.2, 0.25) is 0 Å². The van der Waals surface area contributed by atoms with E-state index in [0.717, 1.165) is 39.9 Å². The summed E-state index contributed by atoms with van der Waals surface area (Å²) in [5.74, 6) is 0.338. The Kier molecular flexibility index (Phi) is 5.82. The molecule has 0 fully saturated rings. The van der Waals surface area contributed by atoms with Crippen molar-refractivity contribution in [2.45, 2.75) is 27.2 Å². The molecular weight excluding hydrogens is 406 g/mol. The minimum Gasteiger partial charge on any atom is -0.436 e. The van der Waals surface area contributed by atoms with Gasteiger partial charge in [0.15, 0.2) is 10.7 Å². The van der Waals surface area contributed by atoms with Gasteiger partial charge < -0.3 is 9.73 Å². The first-order valence-electron chi connectivity index (χ1n) is 10.1. The molecule has 0 aliphatic rings. The van der Waals surface area contributed by atoms with Crippen LogP contribution in [0, 0.1) is 13.8 Å². The number of aryl methyl sites for hydroxylation is 3. The zero-order chi connectivity index (χ0) is 22.0. The lowest BCUT2D eigenvalue weighted by molar-refractivity contribution is 0.0977. The number of carbonyl (C=O) groups excluding carboxylic acids is 1. The fourth-order valence-corrected chi connectivity index (χ4v) is 3.62. The highest BCUT2D eigenvalue weighted by Crippen LogP contribution is 2.26. The molecule has 0 aliphatic heterocycles. The quantitative estimate of drug-likeness (QED) is 0.401. The molecule has 6 heteroatoms. The molecule has 0 unspecified atom stereocenters. The van der Waals surface area contributed by atoms with E-state index in [-0.39, 0.29) is 11.0 Å². The number of amides is 1. The highest BCUT2D eigenvalue weighted by molar-refractivity contribution is 7.80. The Morgan fingerprint density at radius 2 is 1.81 bits per heavy atom. The molecule has 1 heterocycles. The fraction of sp³-hybridized carbons (Fsp3) is 0.160. The summed E-state index contributed by atoms with van der Waals surface area (Å²) in [5, 5.41) is 6.01. The normalized spacial score (nSPS) is 10.8. The molecule has 0 atom stereocenters. The van der Waals surface area contributed by atoms with Crippen LogP contribution in [0.5, 0.6) is 0 Å². The summed E-state index contributed by atoms with van der Waals surface area (Å²) in [4.78, 5) is 17.1. The summed E-state index contributed by atoms with van der Waals surface area (Å²) in [5.41, 5.74) is 7.10. The van der Waals surface area contributed by atoms with E-state index in [9.17, 15) is 4.79 Å². The van der Waals surface area contributed by atoms with Gasteiger partial charge in [0.2, 0.25) is 5.89 Å². The van der Waals surface area contributed by atoms with E-state index in [1.165, 1.54) is 5.56 Å². The maximum Gasteiger partial charge on any atom is 0.257 e. The third kappa shape index (κ3) is 4.64. The molecule has 0 saturated carbocycles. The van der Waals surface area contributed by atoms with Crippen LogP contribution in [0.4, 0.5) is 5.69 Å². The molecule has 0 bridgehead atoms. The number of benzene rings is 3. The third-order valence-electron chi connectivity index (χ3n) is 5.10. The van der Waals surface area contributed by atoms with E-state index in [0.29, 0.717) is 11.5 Å². The monoisotopic (exact) mass is 429 g/mol. The minimum atomic E-state index is -0.232. The molecule has 31 heavy (non-hydrogen) atoms. The molecule has 0 saturated heterocycles. The summed E-state index contributed by atoms with van der Waals surface area (Å²) < 4.78 is 5.88. The Labute approximate surface area is 186 Å². The lowest BCUT2D eigenvalue weighted by Gasteiger charge is -2.11. The summed E-state index contributed by atoms with van der Waals surface area (Å²) in [6.07, 6.45) is 0.957. The second kappa shape index (κ2) is 8.70. The van der Waals surface area contributed by atoms with Crippen LogP contribution in [-0.2, 0) is 6.42 Å². The van der Waals surface area contributed by atoms with Crippen molar-refractivity contribution in [1.82, 2.24) is 10.3 Å². The van der Waals surface area contributed by atoms with Crippen molar-refractivity contribution < 1.29 is 9.21 Å². The van der Waals surface area contributed by atoms with Crippen molar-refractivity contribution in [2.24, 2.45) is 0 Å². The molecule has 156 valence electrons. The standard InChI is InChI=1S/C25H23N3O2S/c1-4-17-6-12-22-21(14-17)27-24(30-22)18-7-9-19(10-8-18)26-25(31)28-23(29)20-11-5-15(2)13-16(20)3/h5-14H,4H2,1-3H3,(H2,26,28,29,31). The van der Waals surface area contributed by atoms with E-state index in [2.05, 4.69) is 34.7 Å². The Morgan fingerprint density at radius 3 is 2.52 bits per heavy atom. The number of carbonyl (C=O) groups is 1. The largest absolute Gasteiger partial charge is 0.436 e. The third-order valence-corrected chi connectivity index (χ3v) is 5.31. The molecule has 4 aromatic rings. The van der Waals surface area contributed by atoms with Gasteiger partial charge in [-0.05, 0) is 86.1 Å². The van der Waals surface area contributed by atoms with E-state index in [1.807, 2.05) is 56.3 Å². The van der Waals surface area contributed by atoms with Crippen LogP contribution in [0.1, 0.15) is 34.0 Å². The molecule has 0 radical (unpaired) electrons. The van der Waals surface area contributed by atoms with E-state index < -0.39 is 0 Å². The number of nitrogens with zero attached hydrogens (tertiary/aromatic N) is 1. The van der Waals surface area contributed by atoms with E-state index in [1.54, 1.807) is 6.07 Å². The Balaban J connectivity index is 1.43. The Hall–Kier alpha value is -3.51. The first-order chi connectivity index (χ1) is 14.9. The second-order valence-corrected chi connectivity index (χ2v) is 7.89. The van der Waals surface area contributed by atoms with Gasteiger partial charge in [-0.1, -0.05) is 30.7 Å².